The third kappa shape index (κ3) is 3.97. The lowest BCUT2D eigenvalue weighted by molar-refractivity contribution is 0.00636. The fraction of sp³-hybridized carbons (Fsp3) is 0.500. The van der Waals surface area contributed by atoms with Crippen molar-refractivity contribution >= 4 is 22.5 Å². The summed E-state index contributed by atoms with van der Waals surface area (Å²) in [6.07, 6.45) is 5.27. The minimum Gasteiger partial charge on any atom is -0.378 e. The summed E-state index contributed by atoms with van der Waals surface area (Å²) in [7, 11) is 2.14. The maximum atomic E-state index is 6.24. The first-order chi connectivity index (χ1) is 10.7. The van der Waals surface area contributed by atoms with Crippen LogP contribution in [0, 0.1) is 0 Å². The number of hydrogen-bond acceptors (Lipinski definition) is 3. The first-order valence-corrected chi connectivity index (χ1v) is 8.44. The van der Waals surface area contributed by atoms with Crippen molar-refractivity contribution < 1.29 is 4.74 Å². The zero-order chi connectivity index (χ0) is 15.4. The molecule has 0 saturated carbocycles. The van der Waals surface area contributed by atoms with Crippen LogP contribution in [0.3, 0.4) is 0 Å². The monoisotopic (exact) mass is 318 g/mol. The number of benzene rings is 1. The first-order valence-electron chi connectivity index (χ1n) is 8.06. The Morgan fingerprint density at radius 2 is 2.18 bits per heavy atom. The fourth-order valence-electron chi connectivity index (χ4n) is 2.99. The third-order valence-electron chi connectivity index (χ3n) is 4.27. The Morgan fingerprint density at radius 3 is 3.00 bits per heavy atom. The van der Waals surface area contributed by atoms with Crippen LogP contribution >= 0.6 is 11.6 Å². The molecule has 1 fully saturated rings. The normalized spacial score (nSPS) is 19.0. The molecule has 4 heteroatoms. The smallest absolute Gasteiger partial charge is 0.0891 e. The van der Waals surface area contributed by atoms with E-state index in [-0.39, 0.29) is 0 Å². The Morgan fingerprint density at radius 1 is 1.27 bits per heavy atom. The molecule has 3 nitrogen and oxygen atoms in total. The largest absolute Gasteiger partial charge is 0.378 e. The zero-order valence-corrected chi connectivity index (χ0v) is 13.9. The van der Waals surface area contributed by atoms with E-state index in [1.807, 2.05) is 18.2 Å². The van der Waals surface area contributed by atoms with Crippen LogP contribution in [0.5, 0.6) is 0 Å². The van der Waals surface area contributed by atoms with E-state index in [1.165, 1.54) is 19.3 Å². The second-order valence-electron chi connectivity index (χ2n) is 6.13. The van der Waals surface area contributed by atoms with E-state index in [0.717, 1.165) is 47.7 Å². The molecule has 22 heavy (non-hydrogen) atoms. The molecule has 0 aliphatic carbocycles. The van der Waals surface area contributed by atoms with Gasteiger partial charge in [0.15, 0.2) is 0 Å². The average Bonchev–Trinajstić information content (AvgIpc) is 2.55. The summed E-state index contributed by atoms with van der Waals surface area (Å²) in [5.41, 5.74) is 1.96. The summed E-state index contributed by atoms with van der Waals surface area (Å²) in [5.74, 6) is 0. The van der Waals surface area contributed by atoms with Crippen LogP contribution in [0.15, 0.2) is 30.3 Å². The van der Waals surface area contributed by atoms with Gasteiger partial charge in [-0.05, 0) is 44.9 Å². The lowest BCUT2D eigenvalue weighted by atomic mass is 10.1. The number of rotatable bonds is 5. The summed E-state index contributed by atoms with van der Waals surface area (Å²) in [5, 5.41) is 1.81. The topological polar surface area (TPSA) is 25.4 Å². The van der Waals surface area contributed by atoms with Crippen molar-refractivity contribution in [2.45, 2.75) is 38.3 Å². The molecule has 0 N–H and O–H groups in total. The number of halogens is 1. The SMILES string of the molecule is CN(CCC1CCCCO1)Cc1ccc2cccc(Cl)c2n1. The van der Waals surface area contributed by atoms with Crippen LogP contribution in [-0.2, 0) is 11.3 Å². The standard InChI is InChI=1S/C18H23ClN2O/c1-21(11-10-16-6-2-3-12-22-16)13-15-9-8-14-5-4-7-17(19)18(14)20-15/h4-5,7-9,16H,2-3,6,10-13H2,1H3. The van der Waals surface area contributed by atoms with Crippen molar-refractivity contribution in [2.75, 3.05) is 20.2 Å². The van der Waals surface area contributed by atoms with E-state index in [0.29, 0.717) is 6.10 Å². The Kier molecular flexibility index (Phi) is 5.29. The fourth-order valence-corrected chi connectivity index (χ4v) is 3.22. The van der Waals surface area contributed by atoms with Crippen LogP contribution < -0.4 is 0 Å². The highest BCUT2D eigenvalue weighted by Crippen LogP contribution is 2.22. The molecule has 1 unspecified atom stereocenters. The minimum atomic E-state index is 0.440. The maximum absolute atomic E-state index is 6.24. The van der Waals surface area contributed by atoms with Crippen LogP contribution in [-0.4, -0.2) is 36.2 Å². The molecule has 1 aliphatic heterocycles. The maximum Gasteiger partial charge on any atom is 0.0891 e. The van der Waals surface area contributed by atoms with E-state index < -0.39 is 0 Å². The van der Waals surface area contributed by atoms with Gasteiger partial charge >= 0.3 is 0 Å². The van der Waals surface area contributed by atoms with E-state index >= 15 is 0 Å². The van der Waals surface area contributed by atoms with Gasteiger partial charge in [-0.15, -0.1) is 0 Å². The lowest BCUT2D eigenvalue weighted by Gasteiger charge is -2.25. The first kappa shape index (κ1) is 15.7. The van der Waals surface area contributed by atoms with E-state index in [1.54, 1.807) is 0 Å². The van der Waals surface area contributed by atoms with Gasteiger partial charge in [-0.1, -0.05) is 29.8 Å². The molecule has 0 amide bonds. The molecule has 1 atom stereocenters. The highest BCUT2D eigenvalue weighted by Gasteiger charge is 2.14. The number of pyridine rings is 1. The number of fused-ring (bicyclic) bond motifs is 1. The Labute approximate surface area is 137 Å². The highest BCUT2D eigenvalue weighted by atomic mass is 35.5. The van der Waals surface area contributed by atoms with Gasteiger partial charge < -0.3 is 9.64 Å². The second-order valence-corrected chi connectivity index (χ2v) is 6.54. The highest BCUT2D eigenvalue weighted by molar-refractivity contribution is 6.35. The van der Waals surface area contributed by atoms with Crippen molar-refractivity contribution in [1.29, 1.82) is 0 Å². The predicted molar refractivity (Wildman–Crippen MR) is 91.3 cm³/mol. The summed E-state index contributed by atoms with van der Waals surface area (Å²) in [6.45, 7) is 2.81. The number of para-hydroxylation sites is 1. The van der Waals surface area contributed by atoms with Crippen LogP contribution in [0.25, 0.3) is 10.9 Å². The Balaban J connectivity index is 1.58. The van der Waals surface area contributed by atoms with E-state index in [4.69, 9.17) is 21.3 Å². The predicted octanol–water partition coefficient (Wildman–Crippen LogP) is 4.28. The van der Waals surface area contributed by atoms with Crippen molar-refractivity contribution in [2.24, 2.45) is 0 Å². The molecular formula is C18H23ClN2O. The molecular weight excluding hydrogens is 296 g/mol. The summed E-state index contributed by atoms with van der Waals surface area (Å²) >= 11 is 6.24. The molecule has 0 bridgehead atoms. The molecule has 2 heterocycles. The molecule has 1 saturated heterocycles. The molecule has 1 aromatic heterocycles. The van der Waals surface area contributed by atoms with Crippen LogP contribution in [0.2, 0.25) is 5.02 Å². The molecule has 2 aromatic rings. The van der Waals surface area contributed by atoms with Crippen LogP contribution in [0.1, 0.15) is 31.4 Å². The van der Waals surface area contributed by atoms with Gasteiger partial charge in [0.05, 0.1) is 22.3 Å². The number of ether oxygens (including phenoxy) is 1. The van der Waals surface area contributed by atoms with Gasteiger partial charge in [0.25, 0.3) is 0 Å². The van der Waals surface area contributed by atoms with Gasteiger partial charge in [0.2, 0.25) is 0 Å². The number of hydrogen-bond donors (Lipinski definition) is 0. The summed E-state index contributed by atoms with van der Waals surface area (Å²) < 4.78 is 5.79. The Hall–Kier alpha value is -1.16. The third-order valence-corrected chi connectivity index (χ3v) is 4.57. The Bertz CT molecular complexity index is 626. The van der Waals surface area contributed by atoms with Gasteiger partial charge in [-0.3, -0.25) is 0 Å². The number of aromatic nitrogens is 1. The average molecular weight is 319 g/mol. The van der Waals surface area contributed by atoms with Crippen molar-refractivity contribution in [3.8, 4) is 0 Å². The quantitative estimate of drug-likeness (QED) is 0.822. The minimum absolute atomic E-state index is 0.440. The van der Waals surface area contributed by atoms with Gasteiger partial charge in [-0.2, -0.15) is 0 Å². The summed E-state index contributed by atoms with van der Waals surface area (Å²) in [6, 6.07) is 10.1. The zero-order valence-electron chi connectivity index (χ0n) is 13.1. The van der Waals surface area contributed by atoms with Crippen molar-refractivity contribution in [3.05, 3.63) is 41.0 Å². The molecule has 118 valence electrons. The van der Waals surface area contributed by atoms with Gasteiger partial charge in [0.1, 0.15) is 0 Å². The van der Waals surface area contributed by atoms with Crippen molar-refractivity contribution in [1.82, 2.24) is 9.88 Å². The molecule has 3 rings (SSSR count). The number of nitrogens with zero attached hydrogens (tertiary/aromatic N) is 2. The molecule has 0 radical (unpaired) electrons. The van der Waals surface area contributed by atoms with Crippen molar-refractivity contribution in [3.63, 3.8) is 0 Å². The second kappa shape index (κ2) is 7.40. The van der Waals surface area contributed by atoms with Gasteiger partial charge in [-0.25, -0.2) is 4.98 Å². The van der Waals surface area contributed by atoms with E-state index in [9.17, 15) is 0 Å². The van der Waals surface area contributed by atoms with E-state index in [2.05, 4.69) is 24.1 Å². The molecule has 1 aliphatic rings. The lowest BCUT2D eigenvalue weighted by Crippen LogP contribution is -2.27. The van der Waals surface area contributed by atoms with Crippen LogP contribution in [0.4, 0.5) is 0 Å². The molecule has 1 aromatic carbocycles. The van der Waals surface area contributed by atoms with Gasteiger partial charge in [0, 0.05) is 25.1 Å². The summed E-state index contributed by atoms with van der Waals surface area (Å²) in [4.78, 5) is 7.01. The molecule has 0 spiro atoms.